The smallest absolute Gasteiger partial charge is 0.276 e. The Hall–Kier alpha value is -3.72. The monoisotopic (exact) mass is 457 g/mol. The van der Waals surface area contributed by atoms with E-state index in [-0.39, 0.29) is 5.91 Å². The average molecular weight is 458 g/mol. The summed E-state index contributed by atoms with van der Waals surface area (Å²) >= 11 is 1.46. The molecular formula is C24H23N7OS. The molecule has 33 heavy (non-hydrogen) atoms. The number of rotatable bonds is 6. The quantitative estimate of drug-likeness (QED) is 0.325. The highest BCUT2D eigenvalue weighted by atomic mass is 32.2. The topological polar surface area (TPSA) is 80.0 Å². The van der Waals surface area contributed by atoms with E-state index in [9.17, 15) is 4.79 Å². The maximum absolute atomic E-state index is 13.5. The van der Waals surface area contributed by atoms with Crippen LogP contribution in [0.5, 0.6) is 0 Å². The van der Waals surface area contributed by atoms with Crippen molar-refractivity contribution in [2.45, 2.75) is 10.9 Å². The van der Waals surface area contributed by atoms with Crippen LogP contribution >= 0.6 is 11.8 Å². The molecule has 8 nitrogen and oxygen atoms in total. The minimum Gasteiger partial charge on any atom is -0.368 e. The number of piperazine rings is 1. The second-order valence-electron chi connectivity index (χ2n) is 7.57. The number of anilines is 1. The second-order valence-corrected chi connectivity index (χ2v) is 8.51. The maximum atomic E-state index is 13.5. The highest BCUT2D eigenvalue weighted by molar-refractivity contribution is 7.98. The molecule has 1 aliphatic rings. The van der Waals surface area contributed by atoms with Crippen molar-refractivity contribution in [2.24, 2.45) is 0 Å². The van der Waals surface area contributed by atoms with Gasteiger partial charge in [-0.3, -0.25) is 4.79 Å². The zero-order valence-corrected chi connectivity index (χ0v) is 18.8. The lowest BCUT2D eigenvalue weighted by atomic mass is 10.2. The van der Waals surface area contributed by atoms with Gasteiger partial charge in [-0.05, 0) is 30.3 Å². The first kappa shape index (κ1) is 21.1. The Morgan fingerprint density at radius 2 is 1.45 bits per heavy atom. The fraction of sp³-hybridized carbons (Fsp3) is 0.208. The van der Waals surface area contributed by atoms with Crippen molar-refractivity contribution in [2.75, 3.05) is 31.1 Å². The standard InChI is InChI=1S/C24H23N7OS/c32-23(30-16-14-29(15-17-30)19-8-3-1-4-9-19)22-21(18-33-24-25-12-7-13-26-24)31(28-27-22)20-10-5-2-6-11-20/h1-13H,14-18H2. The van der Waals surface area contributed by atoms with Crippen LogP contribution in [0.2, 0.25) is 0 Å². The van der Waals surface area contributed by atoms with Gasteiger partial charge in [-0.2, -0.15) is 0 Å². The number of hydrogen-bond donors (Lipinski definition) is 0. The molecule has 0 saturated carbocycles. The highest BCUT2D eigenvalue weighted by Gasteiger charge is 2.28. The van der Waals surface area contributed by atoms with Crippen molar-refractivity contribution >= 4 is 23.4 Å². The Balaban J connectivity index is 1.37. The van der Waals surface area contributed by atoms with Gasteiger partial charge >= 0.3 is 0 Å². The molecule has 1 saturated heterocycles. The number of nitrogens with zero attached hydrogens (tertiary/aromatic N) is 7. The zero-order valence-electron chi connectivity index (χ0n) is 18.0. The van der Waals surface area contributed by atoms with Gasteiger partial charge in [0.15, 0.2) is 10.9 Å². The van der Waals surface area contributed by atoms with E-state index in [0.717, 1.165) is 24.5 Å². The Labute approximate surface area is 196 Å². The lowest BCUT2D eigenvalue weighted by Gasteiger charge is -2.35. The van der Waals surface area contributed by atoms with Crippen molar-refractivity contribution in [3.8, 4) is 5.69 Å². The molecule has 1 fully saturated rings. The Kier molecular flexibility index (Phi) is 6.30. The van der Waals surface area contributed by atoms with Gasteiger partial charge < -0.3 is 9.80 Å². The molecule has 0 radical (unpaired) electrons. The second kappa shape index (κ2) is 9.83. The fourth-order valence-corrected chi connectivity index (χ4v) is 4.62. The minimum atomic E-state index is -0.0885. The summed E-state index contributed by atoms with van der Waals surface area (Å²) < 4.78 is 1.74. The van der Waals surface area contributed by atoms with E-state index in [4.69, 9.17) is 0 Å². The van der Waals surface area contributed by atoms with Gasteiger partial charge in [-0.15, -0.1) is 5.10 Å². The van der Waals surface area contributed by atoms with Crippen LogP contribution in [0, 0.1) is 0 Å². The summed E-state index contributed by atoms with van der Waals surface area (Å²) in [6.45, 7) is 2.84. The molecule has 0 N–H and O–H groups in total. The van der Waals surface area contributed by atoms with Crippen LogP contribution in [0.25, 0.3) is 5.69 Å². The summed E-state index contributed by atoms with van der Waals surface area (Å²) in [5.74, 6) is 0.395. The molecule has 2 aromatic heterocycles. The van der Waals surface area contributed by atoms with Gasteiger partial charge in [0, 0.05) is 50.0 Å². The van der Waals surface area contributed by atoms with E-state index in [0.29, 0.717) is 29.7 Å². The molecular weight excluding hydrogens is 434 g/mol. The van der Waals surface area contributed by atoms with Crippen LogP contribution in [0.3, 0.4) is 0 Å². The van der Waals surface area contributed by atoms with E-state index in [1.54, 1.807) is 23.1 Å². The highest BCUT2D eigenvalue weighted by Crippen LogP contribution is 2.24. The summed E-state index contributed by atoms with van der Waals surface area (Å²) in [4.78, 5) is 26.2. The van der Waals surface area contributed by atoms with Gasteiger partial charge in [0.2, 0.25) is 0 Å². The number of hydrogen-bond acceptors (Lipinski definition) is 7. The van der Waals surface area contributed by atoms with E-state index < -0.39 is 0 Å². The molecule has 0 atom stereocenters. The van der Waals surface area contributed by atoms with Crippen LogP contribution in [0.1, 0.15) is 16.2 Å². The number of para-hydroxylation sites is 2. The van der Waals surface area contributed by atoms with Crippen molar-refractivity contribution in [3.63, 3.8) is 0 Å². The molecule has 0 aliphatic carbocycles. The van der Waals surface area contributed by atoms with E-state index in [1.165, 1.54) is 17.4 Å². The molecule has 3 heterocycles. The van der Waals surface area contributed by atoms with Crippen LogP contribution in [-0.4, -0.2) is 61.9 Å². The largest absolute Gasteiger partial charge is 0.368 e. The Morgan fingerprint density at radius 3 is 2.12 bits per heavy atom. The third-order valence-electron chi connectivity index (χ3n) is 5.53. The molecule has 0 bridgehead atoms. The lowest BCUT2D eigenvalue weighted by molar-refractivity contribution is 0.0740. The van der Waals surface area contributed by atoms with Crippen LogP contribution in [0.4, 0.5) is 5.69 Å². The number of thioether (sulfide) groups is 1. The van der Waals surface area contributed by atoms with Gasteiger partial charge in [-0.25, -0.2) is 14.6 Å². The van der Waals surface area contributed by atoms with E-state index in [1.807, 2.05) is 53.4 Å². The molecule has 9 heteroatoms. The van der Waals surface area contributed by atoms with Crippen molar-refractivity contribution in [3.05, 3.63) is 90.5 Å². The molecule has 0 spiro atoms. The Morgan fingerprint density at radius 1 is 0.818 bits per heavy atom. The predicted octanol–water partition coefficient (Wildman–Crippen LogP) is 3.31. The zero-order chi connectivity index (χ0) is 22.5. The SMILES string of the molecule is O=C(c1nnn(-c2ccccc2)c1CSc1ncccn1)N1CCN(c2ccccc2)CC1. The third kappa shape index (κ3) is 4.73. The van der Waals surface area contributed by atoms with Gasteiger partial charge in [0.1, 0.15) is 0 Å². The summed E-state index contributed by atoms with van der Waals surface area (Å²) in [5.41, 5.74) is 3.17. The summed E-state index contributed by atoms with van der Waals surface area (Å²) in [7, 11) is 0. The minimum absolute atomic E-state index is 0.0885. The molecule has 5 rings (SSSR count). The summed E-state index contributed by atoms with van der Waals surface area (Å²) in [5, 5.41) is 9.29. The van der Waals surface area contributed by atoms with Gasteiger partial charge in [0.25, 0.3) is 5.91 Å². The Bertz CT molecular complexity index is 1190. The molecule has 0 unspecified atom stereocenters. The predicted molar refractivity (Wildman–Crippen MR) is 128 cm³/mol. The molecule has 1 aliphatic heterocycles. The number of benzene rings is 2. The number of carbonyl (C=O) groups is 1. The average Bonchev–Trinajstić information content (AvgIpc) is 3.33. The molecule has 4 aromatic rings. The molecule has 166 valence electrons. The van der Waals surface area contributed by atoms with Crippen molar-refractivity contribution < 1.29 is 4.79 Å². The van der Waals surface area contributed by atoms with E-state index in [2.05, 4.69) is 37.3 Å². The van der Waals surface area contributed by atoms with Gasteiger partial charge in [-0.1, -0.05) is 53.4 Å². The number of carbonyl (C=O) groups excluding carboxylic acids is 1. The maximum Gasteiger partial charge on any atom is 0.276 e. The normalized spacial score (nSPS) is 13.8. The first-order valence-corrected chi connectivity index (χ1v) is 11.8. The molecule has 2 aromatic carbocycles. The first-order valence-electron chi connectivity index (χ1n) is 10.8. The third-order valence-corrected chi connectivity index (χ3v) is 6.42. The van der Waals surface area contributed by atoms with Crippen molar-refractivity contribution in [1.29, 1.82) is 0 Å². The van der Waals surface area contributed by atoms with Crippen LogP contribution in [-0.2, 0) is 5.75 Å². The first-order chi connectivity index (χ1) is 16.3. The summed E-state index contributed by atoms with van der Waals surface area (Å²) in [6, 6.07) is 21.8. The molecule has 1 amide bonds. The number of amides is 1. The number of aromatic nitrogens is 5. The van der Waals surface area contributed by atoms with Crippen molar-refractivity contribution in [1.82, 2.24) is 29.9 Å². The van der Waals surface area contributed by atoms with Crippen LogP contribution < -0.4 is 4.90 Å². The fourth-order valence-electron chi connectivity index (χ4n) is 3.82. The van der Waals surface area contributed by atoms with Crippen LogP contribution in [0.15, 0.2) is 84.3 Å². The summed E-state index contributed by atoms with van der Waals surface area (Å²) in [6.07, 6.45) is 3.42. The lowest BCUT2D eigenvalue weighted by Crippen LogP contribution is -2.49. The van der Waals surface area contributed by atoms with E-state index >= 15 is 0 Å². The van der Waals surface area contributed by atoms with Gasteiger partial charge in [0.05, 0.1) is 11.4 Å².